The van der Waals surface area contributed by atoms with Crippen molar-refractivity contribution in [2.45, 2.75) is 4.90 Å². The summed E-state index contributed by atoms with van der Waals surface area (Å²) in [6.45, 7) is 0. The molecule has 1 aromatic carbocycles. The van der Waals surface area contributed by atoms with Crippen LogP contribution in [-0.2, 0) is 10.1 Å². The van der Waals surface area contributed by atoms with Crippen molar-refractivity contribution < 1.29 is 28.0 Å². The van der Waals surface area contributed by atoms with Gasteiger partial charge in [-0.05, 0) is 12.1 Å². The van der Waals surface area contributed by atoms with Gasteiger partial charge in [-0.25, -0.2) is 4.79 Å². The summed E-state index contributed by atoms with van der Waals surface area (Å²) in [4.78, 5) is 9.64. The van der Waals surface area contributed by atoms with Crippen LogP contribution in [0.3, 0.4) is 0 Å². The fourth-order valence-corrected chi connectivity index (χ4v) is 1.51. The van der Waals surface area contributed by atoms with E-state index in [1.54, 1.807) is 0 Å². The fraction of sp³-hybridized carbons (Fsp3) is 0. The predicted molar refractivity (Wildman–Crippen MR) is 52.0 cm³/mol. The van der Waals surface area contributed by atoms with Gasteiger partial charge in [0.2, 0.25) is 0 Å². The van der Waals surface area contributed by atoms with Gasteiger partial charge in [-0.2, -0.15) is 8.42 Å². The summed E-state index contributed by atoms with van der Waals surface area (Å²) in [7, 11) is -4.60. The van der Waals surface area contributed by atoms with E-state index < -0.39 is 32.3 Å². The Hall–Kier alpha value is -0.600. The second-order valence-corrected chi connectivity index (χ2v) is 3.82. The van der Waals surface area contributed by atoms with Crippen molar-refractivity contribution >= 4 is 45.6 Å². The van der Waals surface area contributed by atoms with Crippen molar-refractivity contribution in [3.63, 3.8) is 0 Å². The van der Waals surface area contributed by atoms with Crippen molar-refractivity contribution in [2.24, 2.45) is 0 Å². The first kappa shape index (κ1) is 14.4. The van der Waals surface area contributed by atoms with Gasteiger partial charge in [0.05, 0.1) is 0 Å². The van der Waals surface area contributed by atoms with Crippen LogP contribution >= 0.6 is 0 Å². The quantitative estimate of drug-likeness (QED) is 0.484. The summed E-state index contributed by atoms with van der Waals surface area (Å²) >= 11 is 0. The topological polar surface area (TPSA) is 112 Å². The van der Waals surface area contributed by atoms with Gasteiger partial charge in [0.1, 0.15) is 10.5 Å². The second-order valence-electron chi connectivity index (χ2n) is 2.43. The van der Waals surface area contributed by atoms with Gasteiger partial charge in [-0.15, -0.1) is 0 Å². The number of hydrogen-bond acceptors (Lipinski definition) is 4. The summed E-state index contributed by atoms with van der Waals surface area (Å²) < 4.78 is 29.9. The molecule has 3 N–H and O–H groups in total. The van der Waals surface area contributed by atoms with Crippen molar-refractivity contribution in [1.29, 1.82) is 0 Å². The van der Waals surface area contributed by atoms with Gasteiger partial charge in [0, 0.05) is 0 Å². The number of hydrogen-bond donors (Lipinski definition) is 3. The molecule has 0 aliphatic heterocycles. The monoisotopic (exact) mass is 242 g/mol. The summed E-state index contributed by atoms with van der Waals surface area (Å²) in [5.41, 5.74) is -0.583. The van der Waals surface area contributed by atoms with Crippen LogP contribution in [0.2, 0.25) is 0 Å². The second kappa shape index (κ2) is 4.95. The summed E-state index contributed by atoms with van der Waals surface area (Å²) in [6.07, 6.45) is 0. The Morgan fingerprint density at radius 1 is 1.27 bits per heavy atom. The minimum atomic E-state index is -4.60. The molecule has 0 aliphatic carbocycles. The van der Waals surface area contributed by atoms with E-state index in [-0.39, 0.29) is 29.6 Å². The number of para-hydroxylation sites is 1. The van der Waals surface area contributed by atoms with E-state index in [0.717, 1.165) is 18.2 Å². The molecule has 0 aromatic heterocycles. The molecule has 0 heterocycles. The molecular formula is C7H7NaO6S. The molecule has 78 valence electrons. The molecule has 0 bridgehead atoms. The fourth-order valence-electron chi connectivity index (χ4n) is 0.903. The zero-order chi connectivity index (χ0) is 10.9. The Morgan fingerprint density at radius 2 is 1.80 bits per heavy atom. The molecule has 8 heteroatoms. The third kappa shape index (κ3) is 3.18. The Balaban J connectivity index is 0.00000196. The summed E-state index contributed by atoms with van der Waals surface area (Å²) in [6, 6.07) is 3.02. The van der Waals surface area contributed by atoms with E-state index >= 15 is 0 Å². The maximum atomic E-state index is 10.6. The van der Waals surface area contributed by atoms with E-state index in [2.05, 4.69) is 0 Å². The first-order valence-electron chi connectivity index (χ1n) is 3.37. The van der Waals surface area contributed by atoms with E-state index in [0.29, 0.717) is 0 Å². The number of carboxylic acids is 1. The predicted octanol–water partition coefficient (Wildman–Crippen LogP) is -0.311. The first-order chi connectivity index (χ1) is 6.34. The molecule has 0 atom stereocenters. The number of carboxylic acid groups (broad SMARTS) is 1. The maximum absolute atomic E-state index is 10.6. The molecule has 0 saturated heterocycles. The van der Waals surface area contributed by atoms with Crippen LogP contribution in [0.15, 0.2) is 23.1 Å². The Labute approximate surface area is 108 Å². The number of aromatic hydroxyl groups is 1. The molecule has 0 radical (unpaired) electrons. The zero-order valence-corrected chi connectivity index (χ0v) is 7.52. The summed E-state index contributed by atoms with van der Waals surface area (Å²) in [5.74, 6) is -2.45. The van der Waals surface area contributed by atoms with Gasteiger partial charge >= 0.3 is 35.5 Å². The van der Waals surface area contributed by atoms with Crippen molar-refractivity contribution in [3.8, 4) is 5.75 Å². The van der Waals surface area contributed by atoms with Gasteiger partial charge in [-0.1, -0.05) is 6.07 Å². The number of benzene rings is 1. The zero-order valence-electron chi connectivity index (χ0n) is 6.71. The molecule has 0 spiro atoms. The van der Waals surface area contributed by atoms with Crippen LogP contribution in [0.4, 0.5) is 0 Å². The molecule has 0 aliphatic rings. The number of rotatable bonds is 2. The van der Waals surface area contributed by atoms with Crippen LogP contribution in [0, 0.1) is 0 Å². The third-order valence-electron chi connectivity index (χ3n) is 1.51. The summed E-state index contributed by atoms with van der Waals surface area (Å²) in [5, 5.41) is 17.7. The van der Waals surface area contributed by atoms with E-state index in [9.17, 15) is 18.3 Å². The van der Waals surface area contributed by atoms with Crippen LogP contribution in [0.25, 0.3) is 0 Å². The minimum absolute atomic E-state index is 0. The molecule has 0 unspecified atom stereocenters. The Morgan fingerprint density at radius 3 is 2.20 bits per heavy atom. The molecule has 0 fully saturated rings. The average molecular weight is 242 g/mol. The third-order valence-corrected chi connectivity index (χ3v) is 2.39. The standard InChI is InChI=1S/C7H6O6S.Na.H/c8-6-4(7(9)10)2-1-3-5(6)14(11,12)13;;/h1-3,8H,(H,9,10)(H,11,12,13);;. The van der Waals surface area contributed by atoms with Crippen molar-refractivity contribution in [1.82, 2.24) is 0 Å². The number of phenols is 1. The molecule has 15 heavy (non-hydrogen) atoms. The SMILES string of the molecule is O=C(O)c1cccc(S(=O)(=O)O)c1O.[NaH]. The molecule has 1 aromatic rings. The van der Waals surface area contributed by atoms with E-state index in [1.165, 1.54) is 0 Å². The molecule has 1 rings (SSSR count). The Bertz CT molecular complexity index is 480. The molecule has 0 saturated carbocycles. The Kier molecular flexibility index (Phi) is 4.75. The number of aromatic carboxylic acids is 1. The van der Waals surface area contributed by atoms with Gasteiger partial charge in [0.25, 0.3) is 10.1 Å². The number of carbonyl (C=O) groups is 1. The molecular weight excluding hydrogens is 235 g/mol. The van der Waals surface area contributed by atoms with Crippen LogP contribution in [-0.4, -0.2) is 58.7 Å². The van der Waals surface area contributed by atoms with E-state index in [1.807, 2.05) is 0 Å². The van der Waals surface area contributed by atoms with Gasteiger partial charge < -0.3 is 10.2 Å². The van der Waals surface area contributed by atoms with Crippen LogP contribution in [0.1, 0.15) is 10.4 Å². The van der Waals surface area contributed by atoms with Gasteiger partial charge in [-0.3, -0.25) is 4.55 Å². The average Bonchev–Trinajstić information content (AvgIpc) is 2.01. The van der Waals surface area contributed by atoms with Crippen molar-refractivity contribution in [2.75, 3.05) is 0 Å². The van der Waals surface area contributed by atoms with Gasteiger partial charge in [0.15, 0.2) is 5.75 Å². The first-order valence-corrected chi connectivity index (χ1v) is 4.81. The van der Waals surface area contributed by atoms with Crippen molar-refractivity contribution in [3.05, 3.63) is 23.8 Å². The molecule has 6 nitrogen and oxygen atoms in total. The normalized spacial score (nSPS) is 10.5. The molecule has 0 amide bonds. The van der Waals surface area contributed by atoms with Crippen LogP contribution < -0.4 is 0 Å². The van der Waals surface area contributed by atoms with Crippen LogP contribution in [0.5, 0.6) is 5.75 Å². The van der Waals surface area contributed by atoms with E-state index in [4.69, 9.17) is 9.66 Å².